The Bertz CT molecular complexity index is 863. The smallest absolute Gasteiger partial charge is 0.227 e. The van der Waals surface area contributed by atoms with Crippen molar-refractivity contribution in [3.63, 3.8) is 0 Å². The number of nitrogens with zero attached hydrogens (tertiary/aromatic N) is 1. The molecule has 3 rings (SSSR count). The van der Waals surface area contributed by atoms with Crippen molar-refractivity contribution < 1.29 is 14.3 Å². The molecule has 2 N–H and O–H groups in total. The minimum atomic E-state index is -0.492. The molecular weight excluding hydrogens is 284 g/mol. The molecule has 2 heterocycles. The van der Waals surface area contributed by atoms with Crippen LogP contribution in [0.15, 0.2) is 45.9 Å². The highest BCUT2D eigenvalue weighted by molar-refractivity contribution is 5.78. The Morgan fingerprint density at radius 1 is 1.27 bits per heavy atom. The van der Waals surface area contributed by atoms with Crippen LogP contribution in [-0.2, 0) is 0 Å². The molecule has 0 atom stereocenters. The van der Waals surface area contributed by atoms with Crippen LogP contribution >= 0.6 is 0 Å². The molecule has 6 heteroatoms. The lowest BCUT2D eigenvalue weighted by atomic mass is 10.1. The Kier molecular flexibility index (Phi) is 3.42. The van der Waals surface area contributed by atoms with Gasteiger partial charge in [0.2, 0.25) is 11.2 Å². The van der Waals surface area contributed by atoms with Gasteiger partial charge in [0, 0.05) is 11.6 Å². The molecule has 0 fully saturated rings. The third kappa shape index (κ3) is 2.35. The first-order valence-corrected chi connectivity index (χ1v) is 6.62. The van der Waals surface area contributed by atoms with E-state index >= 15 is 0 Å². The maximum atomic E-state index is 11.7. The second-order valence-corrected chi connectivity index (χ2v) is 4.75. The molecule has 2 aromatic heterocycles. The molecule has 0 saturated heterocycles. The first kappa shape index (κ1) is 13.9. The minimum Gasteiger partial charge on any atom is -0.501 e. The number of aryl methyl sites for hydroxylation is 1. The first-order chi connectivity index (χ1) is 10.6. The van der Waals surface area contributed by atoms with Crippen molar-refractivity contribution in [2.24, 2.45) is 0 Å². The topological polar surface area (TPSA) is 88.4 Å². The molecular formula is C16H14N2O4. The number of aromatic nitrogens is 2. The summed E-state index contributed by atoms with van der Waals surface area (Å²) in [5.41, 5.74) is 1.34. The molecule has 0 aliphatic heterocycles. The van der Waals surface area contributed by atoms with Gasteiger partial charge in [-0.2, -0.15) is 0 Å². The van der Waals surface area contributed by atoms with Gasteiger partial charge < -0.3 is 19.2 Å². The van der Waals surface area contributed by atoms with E-state index in [9.17, 15) is 9.90 Å². The van der Waals surface area contributed by atoms with Gasteiger partial charge in [0.05, 0.1) is 19.1 Å². The lowest BCUT2D eigenvalue weighted by molar-refractivity contribution is 0.415. The van der Waals surface area contributed by atoms with E-state index in [0.717, 1.165) is 11.3 Å². The number of rotatable bonds is 3. The van der Waals surface area contributed by atoms with Gasteiger partial charge in [-0.1, -0.05) is 0 Å². The largest absolute Gasteiger partial charge is 0.501 e. The van der Waals surface area contributed by atoms with Gasteiger partial charge in [-0.05, 0) is 31.2 Å². The molecule has 0 radical (unpaired) electrons. The molecule has 1 aromatic carbocycles. The highest BCUT2D eigenvalue weighted by Crippen LogP contribution is 2.33. The van der Waals surface area contributed by atoms with Gasteiger partial charge in [-0.3, -0.25) is 4.79 Å². The average molecular weight is 298 g/mol. The van der Waals surface area contributed by atoms with E-state index in [-0.39, 0.29) is 5.76 Å². The number of benzene rings is 1. The predicted octanol–water partition coefficient (Wildman–Crippen LogP) is 2.72. The SMILES string of the molecule is COc1ccc(-c2nc[nH]c2-c2oc(C)cc(=O)c2O)cc1. The van der Waals surface area contributed by atoms with Gasteiger partial charge >= 0.3 is 0 Å². The molecule has 6 nitrogen and oxygen atoms in total. The zero-order valence-electron chi connectivity index (χ0n) is 12.1. The number of hydrogen-bond acceptors (Lipinski definition) is 5. The second kappa shape index (κ2) is 5.40. The fourth-order valence-corrected chi connectivity index (χ4v) is 2.21. The number of H-pyrrole nitrogens is 1. The zero-order chi connectivity index (χ0) is 15.7. The molecule has 3 aromatic rings. The number of aromatic hydroxyl groups is 1. The Morgan fingerprint density at radius 3 is 2.68 bits per heavy atom. The minimum absolute atomic E-state index is 0.0771. The predicted molar refractivity (Wildman–Crippen MR) is 80.9 cm³/mol. The van der Waals surface area contributed by atoms with Crippen LogP contribution < -0.4 is 10.2 Å². The van der Waals surface area contributed by atoms with Crippen molar-refractivity contribution in [2.45, 2.75) is 6.92 Å². The van der Waals surface area contributed by atoms with E-state index in [4.69, 9.17) is 9.15 Å². The molecule has 22 heavy (non-hydrogen) atoms. The lowest BCUT2D eigenvalue weighted by Gasteiger charge is -2.06. The monoisotopic (exact) mass is 298 g/mol. The van der Waals surface area contributed by atoms with Crippen LogP contribution in [0.2, 0.25) is 0 Å². The summed E-state index contributed by atoms with van der Waals surface area (Å²) in [6, 6.07) is 8.52. The summed E-state index contributed by atoms with van der Waals surface area (Å²) in [6.45, 7) is 1.65. The normalized spacial score (nSPS) is 10.6. The fourth-order valence-electron chi connectivity index (χ4n) is 2.21. The molecule has 0 aliphatic carbocycles. The van der Waals surface area contributed by atoms with E-state index in [1.54, 1.807) is 26.2 Å². The quantitative estimate of drug-likeness (QED) is 0.776. The Balaban J connectivity index is 2.15. The molecule has 0 spiro atoms. The van der Waals surface area contributed by atoms with Crippen LogP contribution in [-0.4, -0.2) is 22.2 Å². The van der Waals surface area contributed by atoms with Crippen LogP contribution in [0, 0.1) is 6.92 Å². The van der Waals surface area contributed by atoms with Crippen molar-refractivity contribution in [3.8, 4) is 34.2 Å². The van der Waals surface area contributed by atoms with Crippen molar-refractivity contribution in [1.82, 2.24) is 9.97 Å². The van der Waals surface area contributed by atoms with Crippen molar-refractivity contribution in [1.29, 1.82) is 0 Å². The third-order valence-electron chi connectivity index (χ3n) is 3.28. The number of ether oxygens (including phenoxy) is 1. The van der Waals surface area contributed by atoms with Gasteiger partial charge in [-0.25, -0.2) is 4.98 Å². The second-order valence-electron chi connectivity index (χ2n) is 4.75. The van der Waals surface area contributed by atoms with Crippen molar-refractivity contribution in [3.05, 3.63) is 52.6 Å². The molecule has 0 saturated carbocycles. The summed E-state index contributed by atoms with van der Waals surface area (Å²) in [5.74, 6) is 0.775. The number of methoxy groups -OCH3 is 1. The van der Waals surface area contributed by atoms with Crippen LogP contribution in [0.1, 0.15) is 5.76 Å². The maximum Gasteiger partial charge on any atom is 0.227 e. The highest BCUT2D eigenvalue weighted by atomic mass is 16.5. The van der Waals surface area contributed by atoms with Crippen LogP contribution in [0.4, 0.5) is 0 Å². The van der Waals surface area contributed by atoms with Crippen LogP contribution in [0.3, 0.4) is 0 Å². The number of nitrogens with one attached hydrogen (secondary N) is 1. The summed E-state index contributed by atoms with van der Waals surface area (Å²) in [6.07, 6.45) is 1.48. The summed E-state index contributed by atoms with van der Waals surface area (Å²) >= 11 is 0. The van der Waals surface area contributed by atoms with E-state index in [1.807, 2.05) is 12.1 Å². The summed E-state index contributed by atoms with van der Waals surface area (Å²) in [5, 5.41) is 9.97. The number of hydrogen-bond donors (Lipinski definition) is 2. The first-order valence-electron chi connectivity index (χ1n) is 6.62. The molecule has 0 bridgehead atoms. The average Bonchev–Trinajstić information content (AvgIpc) is 3.00. The summed E-state index contributed by atoms with van der Waals surface area (Å²) in [7, 11) is 1.59. The summed E-state index contributed by atoms with van der Waals surface area (Å²) < 4.78 is 10.6. The van der Waals surface area contributed by atoms with Gasteiger partial charge in [0.1, 0.15) is 17.2 Å². The van der Waals surface area contributed by atoms with E-state index < -0.39 is 11.2 Å². The lowest BCUT2D eigenvalue weighted by Crippen LogP contribution is -2.01. The van der Waals surface area contributed by atoms with Gasteiger partial charge in [-0.15, -0.1) is 0 Å². The van der Waals surface area contributed by atoms with Gasteiger partial charge in [0.25, 0.3) is 0 Å². The molecule has 0 amide bonds. The number of imidazole rings is 1. The van der Waals surface area contributed by atoms with Crippen molar-refractivity contribution >= 4 is 0 Å². The van der Waals surface area contributed by atoms with Gasteiger partial charge in [0.15, 0.2) is 5.76 Å². The van der Waals surface area contributed by atoms with E-state index in [1.165, 1.54) is 12.4 Å². The molecule has 0 aliphatic rings. The Morgan fingerprint density at radius 2 is 2.00 bits per heavy atom. The standard InChI is InChI=1S/C16H14N2O4/c1-9-7-12(19)15(20)16(22-9)14-13(17-8-18-14)10-3-5-11(21-2)6-4-10/h3-8,20H,1-2H3,(H,17,18). The maximum absolute atomic E-state index is 11.7. The fraction of sp³-hybridized carbons (Fsp3) is 0.125. The molecule has 112 valence electrons. The Labute approximate surface area is 126 Å². The summed E-state index contributed by atoms with van der Waals surface area (Å²) in [4.78, 5) is 18.9. The van der Waals surface area contributed by atoms with Crippen molar-refractivity contribution in [2.75, 3.05) is 7.11 Å². The number of aromatic amines is 1. The Hall–Kier alpha value is -3.02. The molecule has 0 unspecified atom stereocenters. The van der Waals surface area contributed by atoms with E-state index in [2.05, 4.69) is 9.97 Å². The van der Waals surface area contributed by atoms with Crippen LogP contribution in [0.5, 0.6) is 11.5 Å². The zero-order valence-corrected chi connectivity index (χ0v) is 12.1. The highest BCUT2D eigenvalue weighted by Gasteiger charge is 2.18. The van der Waals surface area contributed by atoms with E-state index in [0.29, 0.717) is 17.1 Å². The van der Waals surface area contributed by atoms with Crippen LogP contribution in [0.25, 0.3) is 22.7 Å². The third-order valence-corrected chi connectivity index (χ3v) is 3.28.